The van der Waals surface area contributed by atoms with Crippen molar-refractivity contribution in [2.45, 2.75) is 25.8 Å². The molecule has 0 spiro atoms. The summed E-state index contributed by atoms with van der Waals surface area (Å²) in [6.07, 6.45) is -0.958. The van der Waals surface area contributed by atoms with Crippen LogP contribution in [0.2, 0.25) is 0 Å². The molecule has 2 heterocycles. The molecule has 0 bridgehead atoms. The fourth-order valence-electron chi connectivity index (χ4n) is 4.38. The number of aliphatic hydroxyl groups excluding tert-OH is 1. The lowest BCUT2D eigenvalue weighted by atomic mass is 10.0. The molecule has 6 heteroatoms. The second-order valence-corrected chi connectivity index (χ2v) is 10.7. The number of benzene rings is 4. The van der Waals surface area contributed by atoms with Gasteiger partial charge in [-0.3, -0.25) is 4.79 Å². The van der Waals surface area contributed by atoms with Gasteiger partial charge in [0.25, 0.3) is 5.91 Å². The number of aliphatic hydroxyl groups is 1. The molecule has 1 unspecified atom stereocenters. The van der Waals surface area contributed by atoms with Crippen LogP contribution < -0.4 is 10.6 Å². The maximum Gasteiger partial charge on any atom is 0.258 e. The average molecular weight is 507 g/mol. The second kappa shape index (κ2) is 9.74. The molecule has 0 saturated carbocycles. The molecular formula is C30H22N2O2S2. The van der Waals surface area contributed by atoms with Crippen LogP contribution in [0.3, 0.4) is 0 Å². The number of hydrogen-bond donors (Lipinski definition) is 3. The molecule has 0 saturated heterocycles. The summed E-state index contributed by atoms with van der Waals surface area (Å²) in [6.45, 7) is 0. The molecule has 0 aliphatic carbocycles. The first-order valence-corrected chi connectivity index (χ1v) is 13.2. The molecule has 0 radical (unpaired) electrons. The van der Waals surface area contributed by atoms with Crippen LogP contribution in [0.1, 0.15) is 11.1 Å². The van der Waals surface area contributed by atoms with Gasteiger partial charge in [-0.25, -0.2) is 0 Å². The molecule has 2 aliphatic rings. The SMILES string of the molecule is O=C1NC(c2ccc(Sc3ccccc3)cc2)=C2C1=C(c1ccc(Sc3ccccc3)cc1)NC2O. The summed E-state index contributed by atoms with van der Waals surface area (Å²) in [5, 5.41) is 17.0. The van der Waals surface area contributed by atoms with Crippen LogP contribution >= 0.6 is 23.5 Å². The average Bonchev–Trinajstić information content (AvgIpc) is 3.44. The molecule has 0 fully saturated rings. The van der Waals surface area contributed by atoms with Crippen LogP contribution in [0.5, 0.6) is 0 Å². The zero-order chi connectivity index (χ0) is 24.5. The maximum absolute atomic E-state index is 13.0. The zero-order valence-electron chi connectivity index (χ0n) is 19.1. The van der Waals surface area contributed by atoms with E-state index in [-0.39, 0.29) is 5.91 Å². The van der Waals surface area contributed by atoms with E-state index >= 15 is 0 Å². The summed E-state index contributed by atoms with van der Waals surface area (Å²) in [4.78, 5) is 17.6. The largest absolute Gasteiger partial charge is 0.369 e. The zero-order valence-corrected chi connectivity index (χ0v) is 20.8. The van der Waals surface area contributed by atoms with Crippen molar-refractivity contribution in [2.24, 2.45) is 0 Å². The number of carbonyl (C=O) groups excluding carboxylic acids is 1. The first kappa shape index (κ1) is 22.7. The second-order valence-electron chi connectivity index (χ2n) is 8.42. The molecular weight excluding hydrogens is 484 g/mol. The number of hydrogen-bond acceptors (Lipinski definition) is 5. The number of carbonyl (C=O) groups is 1. The van der Waals surface area contributed by atoms with Crippen molar-refractivity contribution in [3.63, 3.8) is 0 Å². The van der Waals surface area contributed by atoms with Gasteiger partial charge in [-0.2, -0.15) is 0 Å². The number of amides is 1. The highest BCUT2D eigenvalue weighted by Crippen LogP contribution is 2.40. The summed E-state index contributed by atoms with van der Waals surface area (Å²) in [7, 11) is 0. The quantitative estimate of drug-likeness (QED) is 0.292. The van der Waals surface area contributed by atoms with E-state index in [0.717, 1.165) is 20.9 Å². The van der Waals surface area contributed by atoms with Crippen LogP contribution in [0, 0.1) is 0 Å². The van der Waals surface area contributed by atoms with Crippen LogP contribution in [0.15, 0.2) is 140 Å². The van der Waals surface area contributed by atoms with Crippen LogP contribution in [0.25, 0.3) is 11.4 Å². The van der Waals surface area contributed by atoms with Gasteiger partial charge in [-0.15, -0.1) is 0 Å². The van der Waals surface area contributed by atoms with Gasteiger partial charge >= 0.3 is 0 Å². The number of nitrogens with one attached hydrogen (secondary N) is 2. The first-order valence-electron chi connectivity index (χ1n) is 11.6. The van der Waals surface area contributed by atoms with E-state index in [0.29, 0.717) is 22.5 Å². The summed E-state index contributed by atoms with van der Waals surface area (Å²) >= 11 is 3.36. The third-order valence-electron chi connectivity index (χ3n) is 6.05. The molecule has 6 rings (SSSR count). The van der Waals surface area contributed by atoms with E-state index in [1.807, 2.05) is 84.9 Å². The Balaban J connectivity index is 1.27. The fourth-order valence-corrected chi connectivity index (χ4v) is 6.05. The third-order valence-corrected chi connectivity index (χ3v) is 8.08. The Morgan fingerprint density at radius 1 is 0.583 bits per heavy atom. The predicted octanol–water partition coefficient (Wildman–Crippen LogP) is 6.16. The fraction of sp³-hybridized carbons (Fsp3) is 0.0333. The van der Waals surface area contributed by atoms with Crippen LogP contribution in [0.4, 0.5) is 0 Å². The predicted molar refractivity (Wildman–Crippen MR) is 145 cm³/mol. The Morgan fingerprint density at radius 2 is 1.03 bits per heavy atom. The van der Waals surface area contributed by atoms with E-state index in [9.17, 15) is 9.90 Å². The van der Waals surface area contributed by atoms with Crippen LogP contribution in [-0.4, -0.2) is 17.2 Å². The smallest absolute Gasteiger partial charge is 0.258 e. The maximum atomic E-state index is 13.0. The molecule has 4 nitrogen and oxygen atoms in total. The van der Waals surface area contributed by atoms with E-state index in [1.54, 1.807) is 23.5 Å². The highest BCUT2D eigenvalue weighted by Gasteiger charge is 2.40. The number of fused-ring (bicyclic) bond motifs is 1. The lowest BCUT2D eigenvalue weighted by Gasteiger charge is -2.13. The lowest BCUT2D eigenvalue weighted by molar-refractivity contribution is -0.115. The Labute approximate surface area is 218 Å². The van der Waals surface area contributed by atoms with Crippen LogP contribution in [-0.2, 0) is 4.79 Å². The highest BCUT2D eigenvalue weighted by molar-refractivity contribution is 7.99. The van der Waals surface area contributed by atoms with E-state index < -0.39 is 6.23 Å². The summed E-state index contributed by atoms with van der Waals surface area (Å²) < 4.78 is 0. The minimum absolute atomic E-state index is 0.204. The monoisotopic (exact) mass is 506 g/mol. The van der Waals surface area contributed by atoms with E-state index in [4.69, 9.17) is 0 Å². The van der Waals surface area contributed by atoms with Crippen molar-refractivity contribution in [1.82, 2.24) is 10.6 Å². The standard InChI is InChI=1S/C30H22N2O2S2/c33-29-25-26(28(32-29)20-13-17-24(18-14-20)36-22-9-5-2-6-10-22)30(34)31-27(25)19-11-15-23(16-12-19)35-21-7-3-1-4-8-21/h1-18,29,32-33H,(H,31,34). The molecule has 1 atom stereocenters. The molecule has 2 aliphatic heterocycles. The molecule has 176 valence electrons. The van der Waals surface area contributed by atoms with E-state index in [1.165, 1.54) is 9.79 Å². The lowest BCUT2D eigenvalue weighted by Crippen LogP contribution is -2.25. The van der Waals surface area contributed by atoms with Crippen molar-refractivity contribution >= 4 is 40.8 Å². The summed E-state index contributed by atoms with van der Waals surface area (Å²) in [5.41, 5.74) is 4.13. The van der Waals surface area contributed by atoms with Crippen molar-refractivity contribution in [3.8, 4) is 0 Å². The van der Waals surface area contributed by atoms with Gasteiger partial charge in [0.1, 0.15) is 0 Å². The van der Waals surface area contributed by atoms with Crippen molar-refractivity contribution in [2.75, 3.05) is 0 Å². The Bertz CT molecular complexity index is 1480. The first-order chi connectivity index (χ1) is 17.7. The van der Waals surface area contributed by atoms with Gasteiger partial charge in [-0.1, -0.05) is 84.2 Å². The summed E-state index contributed by atoms with van der Waals surface area (Å²) in [5.74, 6) is -0.204. The molecule has 3 N–H and O–H groups in total. The minimum Gasteiger partial charge on any atom is -0.369 e. The molecule has 36 heavy (non-hydrogen) atoms. The van der Waals surface area contributed by atoms with Gasteiger partial charge in [0, 0.05) is 25.2 Å². The number of rotatable bonds is 6. The van der Waals surface area contributed by atoms with Crippen molar-refractivity contribution in [3.05, 3.63) is 131 Å². The summed E-state index contributed by atoms with van der Waals surface area (Å²) in [6, 6.07) is 36.5. The van der Waals surface area contributed by atoms with Gasteiger partial charge in [0.2, 0.25) is 0 Å². The van der Waals surface area contributed by atoms with Gasteiger partial charge in [-0.05, 0) is 59.7 Å². The highest BCUT2D eigenvalue weighted by atomic mass is 32.2. The topological polar surface area (TPSA) is 61.4 Å². The normalized spacial score (nSPS) is 16.7. The Morgan fingerprint density at radius 3 is 1.53 bits per heavy atom. The van der Waals surface area contributed by atoms with Gasteiger partial charge in [0.15, 0.2) is 6.23 Å². The van der Waals surface area contributed by atoms with E-state index in [2.05, 4.69) is 34.9 Å². The van der Waals surface area contributed by atoms with Gasteiger partial charge < -0.3 is 15.7 Å². The van der Waals surface area contributed by atoms with Gasteiger partial charge in [0.05, 0.1) is 17.0 Å². The minimum atomic E-state index is -0.958. The molecule has 4 aromatic rings. The molecule has 1 amide bonds. The van der Waals surface area contributed by atoms with Crippen molar-refractivity contribution < 1.29 is 9.90 Å². The Hall–Kier alpha value is -3.71. The third kappa shape index (κ3) is 4.46. The molecule has 4 aromatic carbocycles. The molecule has 0 aromatic heterocycles. The Kier molecular flexibility index (Phi) is 6.15. The van der Waals surface area contributed by atoms with Crippen molar-refractivity contribution in [1.29, 1.82) is 0 Å².